The maximum absolute atomic E-state index is 6.60. The molecule has 6 nitrogen and oxygen atoms in total. The highest BCUT2D eigenvalue weighted by molar-refractivity contribution is 6.25. The molecule has 0 atom stereocenters. The average molecular weight is 1480 g/mol. The molecule has 2 aliphatic rings. The molecule has 0 unspecified atom stereocenters. The van der Waals surface area contributed by atoms with E-state index in [-0.39, 0.29) is 10.8 Å². The molecule has 0 bridgehead atoms. The molecular weight excluding hydrogens is 1410 g/mol. The summed E-state index contributed by atoms with van der Waals surface area (Å²) in [5, 5.41) is 19.3. The average Bonchev–Trinajstić information content (AvgIpc) is 1.58. The molecule has 0 aliphatic heterocycles. The van der Waals surface area contributed by atoms with Crippen LogP contribution < -0.4 is 0 Å². The van der Waals surface area contributed by atoms with E-state index in [1.54, 1.807) is 0 Å². The Morgan fingerprint density at radius 1 is 0.190 bits per heavy atom. The second-order valence-corrected chi connectivity index (χ2v) is 33.1. The van der Waals surface area contributed by atoms with Gasteiger partial charge in [-0.05, 0) is 240 Å². The van der Waals surface area contributed by atoms with Crippen molar-refractivity contribution < 1.29 is 8.83 Å². The minimum absolute atomic E-state index is 0.0836. The van der Waals surface area contributed by atoms with E-state index in [1.165, 1.54) is 181 Å². The zero-order valence-electron chi connectivity index (χ0n) is 64.2. The van der Waals surface area contributed by atoms with Crippen molar-refractivity contribution >= 4 is 153 Å². The van der Waals surface area contributed by atoms with Gasteiger partial charge in [0.25, 0.3) is 0 Å². The maximum Gasteiger partial charge on any atom is 0.137 e. The van der Waals surface area contributed by atoms with Gasteiger partial charge in [0.15, 0.2) is 0 Å². The minimum Gasteiger partial charge on any atom is -0.456 e. The number of para-hydroxylation sites is 4. The molecule has 0 amide bonds. The van der Waals surface area contributed by atoms with Gasteiger partial charge in [0.2, 0.25) is 0 Å². The zero-order chi connectivity index (χ0) is 76.6. The fraction of sp³-hybridized carbons (Fsp3) is 0.0545. The predicted molar refractivity (Wildman–Crippen MR) is 486 cm³/mol. The topological polar surface area (TPSA) is 46.0 Å². The highest BCUT2D eigenvalue weighted by Gasteiger charge is 2.38. The summed E-state index contributed by atoms with van der Waals surface area (Å²) in [6.45, 7) is 9.46. The van der Waals surface area contributed by atoms with Gasteiger partial charge in [0.1, 0.15) is 22.3 Å². The van der Waals surface area contributed by atoms with Gasteiger partial charge in [-0.3, -0.25) is 0 Å². The maximum atomic E-state index is 6.60. The van der Waals surface area contributed by atoms with Gasteiger partial charge in [0.05, 0.1) is 44.1 Å². The summed E-state index contributed by atoms with van der Waals surface area (Å²) in [5.74, 6) is 0. The molecule has 24 aromatic rings. The molecule has 6 heteroatoms. The number of furan rings is 2. The minimum atomic E-state index is -0.0843. The molecule has 0 spiro atoms. The first kappa shape index (κ1) is 64.9. The van der Waals surface area contributed by atoms with Crippen molar-refractivity contribution in [3.8, 4) is 67.3 Å². The van der Waals surface area contributed by atoms with Crippen molar-refractivity contribution in [1.29, 1.82) is 0 Å². The lowest BCUT2D eigenvalue weighted by Crippen LogP contribution is -2.14. The van der Waals surface area contributed by atoms with Gasteiger partial charge in [-0.2, -0.15) is 0 Å². The quantitative estimate of drug-likeness (QED) is 0.167. The highest BCUT2D eigenvalue weighted by Crippen LogP contribution is 2.54. The number of aromatic nitrogens is 4. The van der Waals surface area contributed by atoms with Crippen LogP contribution in [0.3, 0.4) is 0 Å². The Balaban J connectivity index is 0.000000130. The number of hydrogen-bond acceptors (Lipinski definition) is 2. The third-order valence-electron chi connectivity index (χ3n) is 26.1. The molecule has 116 heavy (non-hydrogen) atoms. The number of hydrogen-bond donors (Lipinski definition) is 0. The lowest BCUT2D eigenvalue weighted by molar-refractivity contribution is 0.661. The lowest BCUT2D eigenvalue weighted by atomic mass is 9.82. The Hall–Kier alpha value is -14.7. The first-order chi connectivity index (χ1) is 57.0. The lowest BCUT2D eigenvalue weighted by Gasteiger charge is -2.21. The zero-order valence-corrected chi connectivity index (χ0v) is 64.2. The smallest absolute Gasteiger partial charge is 0.137 e. The van der Waals surface area contributed by atoms with E-state index >= 15 is 0 Å². The van der Waals surface area contributed by atoms with Crippen molar-refractivity contribution in [2.45, 2.75) is 38.5 Å². The van der Waals surface area contributed by atoms with Crippen LogP contribution in [0, 0.1) is 0 Å². The van der Waals surface area contributed by atoms with E-state index in [0.717, 1.165) is 60.9 Å². The second-order valence-electron chi connectivity index (χ2n) is 33.1. The number of rotatable bonds is 6. The fourth-order valence-corrected chi connectivity index (χ4v) is 20.6. The van der Waals surface area contributed by atoms with E-state index in [1.807, 2.05) is 0 Å². The van der Waals surface area contributed by atoms with E-state index in [4.69, 9.17) is 8.83 Å². The van der Waals surface area contributed by atoms with Gasteiger partial charge < -0.3 is 27.1 Å². The summed E-state index contributed by atoms with van der Waals surface area (Å²) in [4.78, 5) is 0. The molecule has 6 aromatic heterocycles. The largest absolute Gasteiger partial charge is 0.456 e. The van der Waals surface area contributed by atoms with Gasteiger partial charge in [-0.25, -0.2) is 0 Å². The van der Waals surface area contributed by atoms with Crippen molar-refractivity contribution in [3.63, 3.8) is 0 Å². The normalized spacial score (nSPS) is 13.5. The van der Waals surface area contributed by atoms with Crippen molar-refractivity contribution in [3.05, 3.63) is 386 Å². The van der Waals surface area contributed by atoms with E-state index in [2.05, 4.69) is 410 Å². The number of nitrogens with zero attached hydrogens (tertiary/aromatic N) is 4. The summed E-state index contributed by atoms with van der Waals surface area (Å²) >= 11 is 0. The van der Waals surface area contributed by atoms with Crippen LogP contribution in [0.2, 0.25) is 0 Å². The van der Waals surface area contributed by atoms with Crippen LogP contribution in [-0.4, -0.2) is 18.3 Å². The third-order valence-corrected chi connectivity index (χ3v) is 26.1. The Kier molecular flexibility index (Phi) is 13.4. The Bertz CT molecular complexity index is 8360. The van der Waals surface area contributed by atoms with Crippen LogP contribution in [0.25, 0.3) is 220 Å². The Labute approximate surface area is 667 Å². The summed E-state index contributed by atoms with van der Waals surface area (Å²) < 4.78 is 22.9. The van der Waals surface area contributed by atoms with Crippen LogP contribution in [0.15, 0.2) is 373 Å². The fourth-order valence-electron chi connectivity index (χ4n) is 20.6. The molecule has 26 rings (SSSR count). The summed E-state index contributed by atoms with van der Waals surface area (Å²) in [6.07, 6.45) is 0. The van der Waals surface area contributed by atoms with E-state index in [9.17, 15) is 0 Å². The Morgan fingerprint density at radius 3 is 0.966 bits per heavy atom. The molecular formula is C110H72N4O2. The van der Waals surface area contributed by atoms with Crippen LogP contribution in [0.4, 0.5) is 0 Å². The van der Waals surface area contributed by atoms with Crippen molar-refractivity contribution in [2.24, 2.45) is 0 Å². The van der Waals surface area contributed by atoms with Crippen LogP contribution in [-0.2, 0) is 10.8 Å². The van der Waals surface area contributed by atoms with Gasteiger partial charge in [0, 0.05) is 110 Å². The standard InChI is InChI=1S/2C55H36N2O/c1-55(2)47-20-12-11-19-39(47)40-29-43-41-25-35(21-23-49(41)56(51(43)31-48(40)55)37-15-5-3-6-16-37)36-22-24-50-42(26-36)44-30-46-45-27-33-13-9-10-14-34(33)28-53(45)58-54(46)32-52(44)57(50)38-17-7-4-8-18-38;1-55(2)46-20-12-11-19-39(46)40-29-43-41-27-34(21-24-48(41)56(50(43)31-47(40)55)36-14-5-3-6-15-36)35-22-25-49-42(28-35)44-30-45-53(32-51(44)57(49)37-16-7-4-8-17-37)58-52-26-23-33-13-9-10-18-38(33)54(45)52/h2*3-32H,1-2H3. The Morgan fingerprint density at radius 2 is 0.517 bits per heavy atom. The molecule has 0 saturated carbocycles. The summed E-state index contributed by atoms with van der Waals surface area (Å²) in [5.41, 5.74) is 33.3. The van der Waals surface area contributed by atoms with E-state index < -0.39 is 0 Å². The molecule has 6 heterocycles. The van der Waals surface area contributed by atoms with E-state index in [0.29, 0.717) is 0 Å². The van der Waals surface area contributed by atoms with Crippen LogP contribution >= 0.6 is 0 Å². The summed E-state index contributed by atoms with van der Waals surface area (Å²) in [6, 6.07) is 134. The van der Waals surface area contributed by atoms with Gasteiger partial charge in [-0.1, -0.05) is 228 Å². The number of benzene rings is 18. The van der Waals surface area contributed by atoms with Gasteiger partial charge in [-0.15, -0.1) is 0 Å². The first-order valence-corrected chi connectivity index (χ1v) is 40.3. The molecule has 544 valence electrons. The third kappa shape index (κ3) is 9.23. The summed E-state index contributed by atoms with van der Waals surface area (Å²) in [7, 11) is 0. The molecule has 2 aliphatic carbocycles. The molecule has 18 aromatic carbocycles. The first-order valence-electron chi connectivity index (χ1n) is 40.3. The van der Waals surface area contributed by atoms with Crippen molar-refractivity contribution in [2.75, 3.05) is 0 Å². The molecule has 0 fully saturated rings. The predicted octanol–water partition coefficient (Wildman–Crippen LogP) is 29.8. The monoisotopic (exact) mass is 1480 g/mol. The molecule has 0 saturated heterocycles. The molecule has 0 radical (unpaired) electrons. The van der Waals surface area contributed by atoms with Crippen LogP contribution in [0.5, 0.6) is 0 Å². The van der Waals surface area contributed by atoms with Gasteiger partial charge >= 0.3 is 0 Å². The molecule has 0 N–H and O–H groups in total. The van der Waals surface area contributed by atoms with Crippen molar-refractivity contribution in [1.82, 2.24) is 18.3 Å². The van der Waals surface area contributed by atoms with Crippen LogP contribution in [0.1, 0.15) is 49.9 Å². The number of fused-ring (bicyclic) bond motifs is 27. The SMILES string of the molecule is CC1(C)c2ccccc2-c2cc3c4cc(-c5ccc6c(c5)c5cc7c(cc5n6-c5ccccc5)oc5cc6ccccc6cc57)ccc4n(-c4ccccc4)c3cc21.CC1(C)c2ccccc2-c2cc3c4cc(-c5ccc6c(c5)c5cc7c(cc5n6-c5ccccc5)oc5ccc6ccccc6c57)ccc4n(-c4ccccc4)c3cc21. The highest BCUT2D eigenvalue weighted by atomic mass is 16.3. The second kappa shape index (κ2) is 23.9.